The van der Waals surface area contributed by atoms with Gasteiger partial charge in [0.15, 0.2) is 0 Å². The molecule has 0 aromatic rings. The lowest BCUT2D eigenvalue weighted by Crippen LogP contribution is -2.50. The maximum Gasteiger partial charge on any atom is 0.237 e. The maximum absolute atomic E-state index is 14.2. The minimum atomic E-state index is -0.761. The summed E-state index contributed by atoms with van der Waals surface area (Å²) in [6.45, 7) is 2.71. The highest BCUT2D eigenvalue weighted by molar-refractivity contribution is 5.82. The van der Waals surface area contributed by atoms with Gasteiger partial charge in [0, 0.05) is 23.9 Å². The summed E-state index contributed by atoms with van der Waals surface area (Å²) < 4.78 is 19.9. The number of carbonyl (C=O) groups is 1. The first-order chi connectivity index (χ1) is 12.1. The third-order valence-corrected chi connectivity index (χ3v) is 6.72. The molecule has 0 bridgehead atoms. The third kappa shape index (κ3) is 3.70. The van der Waals surface area contributed by atoms with Crippen LogP contribution in [-0.2, 0) is 9.53 Å². The van der Waals surface area contributed by atoms with Crippen LogP contribution in [0.3, 0.4) is 0 Å². The van der Waals surface area contributed by atoms with E-state index in [0.717, 1.165) is 32.1 Å². The van der Waals surface area contributed by atoms with Gasteiger partial charge in [-0.3, -0.25) is 4.79 Å². The number of carbonyl (C=O) groups excluding carboxylic acids is 1. The maximum atomic E-state index is 14.2. The molecular formula is C18H31FN4O2. The molecule has 0 aromatic carbocycles. The molecule has 2 heterocycles. The molecule has 0 spiro atoms. The van der Waals surface area contributed by atoms with Crippen LogP contribution < -0.4 is 21.5 Å². The molecule has 6 nitrogen and oxygen atoms in total. The zero-order chi connectivity index (χ0) is 17.4. The number of hydrogen-bond acceptors (Lipinski definition) is 5. The number of fused-ring (bicyclic) bond motifs is 1. The van der Waals surface area contributed by atoms with Crippen LogP contribution >= 0.6 is 0 Å². The zero-order valence-electron chi connectivity index (χ0n) is 15.0. The Bertz CT molecular complexity index is 470. The second-order valence-electron chi connectivity index (χ2n) is 8.40. The highest BCUT2D eigenvalue weighted by atomic mass is 19.1. The van der Waals surface area contributed by atoms with Gasteiger partial charge in [0.2, 0.25) is 5.91 Å². The van der Waals surface area contributed by atoms with Crippen LogP contribution in [0, 0.1) is 17.8 Å². The van der Waals surface area contributed by atoms with Crippen molar-refractivity contribution in [1.29, 1.82) is 0 Å². The van der Waals surface area contributed by atoms with Crippen LogP contribution in [0.5, 0.6) is 0 Å². The summed E-state index contributed by atoms with van der Waals surface area (Å²) >= 11 is 0. The molecule has 142 valence electrons. The number of alkyl halides is 1. The van der Waals surface area contributed by atoms with Crippen molar-refractivity contribution in [1.82, 2.24) is 21.5 Å². The molecule has 4 rings (SSSR count). The number of hydrazine groups is 1. The van der Waals surface area contributed by atoms with E-state index in [-0.39, 0.29) is 36.2 Å². The predicted molar refractivity (Wildman–Crippen MR) is 92.0 cm³/mol. The number of amides is 1. The first kappa shape index (κ1) is 17.6. The van der Waals surface area contributed by atoms with Crippen molar-refractivity contribution in [3.05, 3.63) is 0 Å². The third-order valence-electron chi connectivity index (χ3n) is 6.72. The van der Waals surface area contributed by atoms with E-state index in [2.05, 4.69) is 28.4 Å². The smallest absolute Gasteiger partial charge is 0.237 e. The van der Waals surface area contributed by atoms with Gasteiger partial charge in [0.1, 0.15) is 19.1 Å². The van der Waals surface area contributed by atoms with Gasteiger partial charge in [-0.1, -0.05) is 13.3 Å². The van der Waals surface area contributed by atoms with Gasteiger partial charge in [-0.15, -0.1) is 0 Å². The van der Waals surface area contributed by atoms with E-state index in [0.29, 0.717) is 31.4 Å². The van der Waals surface area contributed by atoms with E-state index in [1.54, 1.807) is 0 Å². The van der Waals surface area contributed by atoms with Gasteiger partial charge in [0.05, 0.1) is 6.04 Å². The van der Waals surface area contributed by atoms with Crippen molar-refractivity contribution in [3.8, 4) is 0 Å². The molecule has 8 unspecified atom stereocenters. The summed E-state index contributed by atoms with van der Waals surface area (Å²) in [6.07, 6.45) is 5.65. The zero-order valence-corrected chi connectivity index (χ0v) is 15.0. The fourth-order valence-electron chi connectivity index (χ4n) is 5.30. The number of nitrogens with one attached hydrogen (secondary N) is 4. The molecule has 0 aromatic heterocycles. The van der Waals surface area contributed by atoms with E-state index in [9.17, 15) is 9.18 Å². The van der Waals surface area contributed by atoms with E-state index in [4.69, 9.17) is 4.74 Å². The Morgan fingerprint density at radius 1 is 1.20 bits per heavy atom. The Kier molecular flexibility index (Phi) is 5.27. The van der Waals surface area contributed by atoms with Crippen molar-refractivity contribution >= 4 is 5.91 Å². The molecular weight excluding hydrogens is 323 g/mol. The van der Waals surface area contributed by atoms with Crippen molar-refractivity contribution in [2.24, 2.45) is 17.8 Å². The second-order valence-corrected chi connectivity index (χ2v) is 8.40. The Morgan fingerprint density at radius 2 is 2.08 bits per heavy atom. The van der Waals surface area contributed by atoms with Crippen LogP contribution in [0.4, 0.5) is 4.39 Å². The second kappa shape index (κ2) is 7.47. The average molecular weight is 354 g/mol. The molecule has 25 heavy (non-hydrogen) atoms. The molecule has 2 aliphatic heterocycles. The van der Waals surface area contributed by atoms with Gasteiger partial charge in [-0.05, 0) is 44.4 Å². The van der Waals surface area contributed by atoms with E-state index >= 15 is 0 Å². The first-order valence-electron chi connectivity index (χ1n) is 9.92. The Morgan fingerprint density at radius 3 is 2.84 bits per heavy atom. The molecule has 0 radical (unpaired) electrons. The van der Waals surface area contributed by atoms with Crippen LogP contribution in [0.2, 0.25) is 0 Å². The standard InChI is InChI=1S/C18H31FN4O2/c1-10-5-6-14(19)13-8-15(22-16(10)13)17(24)21-12-4-2-3-11(7-12)18-23-20-9-25-18/h10-16,18,20,22-23H,2-9H2,1H3,(H,21,24). The lowest BCUT2D eigenvalue weighted by molar-refractivity contribution is -0.124. The molecule has 1 amide bonds. The number of halogens is 1. The summed E-state index contributed by atoms with van der Waals surface area (Å²) in [5.74, 6) is 0.925. The molecule has 2 saturated heterocycles. The van der Waals surface area contributed by atoms with E-state index in [1.807, 2.05) is 0 Å². The van der Waals surface area contributed by atoms with Crippen LogP contribution in [-0.4, -0.2) is 43.2 Å². The van der Waals surface area contributed by atoms with Gasteiger partial charge >= 0.3 is 0 Å². The predicted octanol–water partition coefficient (Wildman–Crippen LogP) is 1.18. The number of rotatable bonds is 3. The lowest BCUT2D eigenvalue weighted by atomic mass is 9.77. The van der Waals surface area contributed by atoms with Crippen molar-refractivity contribution in [2.75, 3.05) is 6.73 Å². The molecule has 2 aliphatic carbocycles. The molecule has 2 saturated carbocycles. The molecule has 4 fully saturated rings. The summed E-state index contributed by atoms with van der Waals surface area (Å²) in [6, 6.07) is 0.109. The summed E-state index contributed by atoms with van der Waals surface area (Å²) in [5.41, 5.74) is 6.16. The van der Waals surface area contributed by atoms with E-state index in [1.165, 1.54) is 0 Å². The van der Waals surface area contributed by atoms with Crippen LogP contribution in [0.15, 0.2) is 0 Å². The highest BCUT2D eigenvalue weighted by Crippen LogP contribution is 2.38. The van der Waals surface area contributed by atoms with Crippen molar-refractivity contribution in [2.45, 2.75) is 82.4 Å². The largest absolute Gasteiger partial charge is 0.352 e. The Balaban J connectivity index is 1.31. The molecule has 7 heteroatoms. The average Bonchev–Trinajstić information content (AvgIpc) is 3.28. The summed E-state index contributed by atoms with van der Waals surface area (Å²) in [4.78, 5) is 12.7. The number of hydrogen-bond donors (Lipinski definition) is 4. The SMILES string of the molecule is CC1CCC(F)C2CC(C(=O)NC3CCCC(C4NNCO4)C3)NC12. The minimum absolute atomic E-state index is 0.000711. The molecule has 4 aliphatic rings. The summed E-state index contributed by atoms with van der Waals surface area (Å²) in [5, 5.41) is 6.66. The quantitative estimate of drug-likeness (QED) is 0.613. The van der Waals surface area contributed by atoms with Crippen LogP contribution in [0.1, 0.15) is 51.9 Å². The Labute approximate surface area is 149 Å². The normalized spacial score (nSPS) is 47.4. The molecule has 8 atom stereocenters. The van der Waals surface area contributed by atoms with Crippen molar-refractivity contribution in [3.63, 3.8) is 0 Å². The Hall–Kier alpha value is -0.760. The fourth-order valence-corrected chi connectivity index (χ4v) is 5.30. The molecule has 4 N–H and O–H groups in total. The topological polar surface area (TPSA) is 74.4 Å². The van der Waals surface area contributed by atoms with Gasteiger partial charge in [0.25, 0.3) is 0 Å². The monoisotopic (exact) mass is 354 g/mol. The van der Waals surface area contributed by atoms with Gasteiger partial charge < -0.3 is 15.4 Å². The lowest BCUT2D eigenvalue weighted by Gasteiger charge is -2.33. The first-order valence-corrected chi connectivity index (χ1v) is 9.92. The van der Waals surface area contributed by atoms with Crippen LogP contribution in [0.25, 0.3) is 0 Å². The fraction of sp³-hybridized carbons (Fsp3) is 0.944. The van der Waals surface area contributed by atoms with Gasteiger partial charge in [-0.25, -0.2) is 15.2 Å². The minimum Gasteiger partial charge on any atom is -0.352 e. The highest BCUT2D eigenvalue weighted by Gasteiger charge is 2.46. The summed E-state index contributed by atoms with van der Waals surface area (Å²) in [7, 11) is 0. The van der Waals surface area contributed by atoms with Crippen molar-refractivity contribution < 1.29 is 13.9 Å². The number of ether oxygens (including phenoxy) is 1. The van der Waals surface area contributed by atoms with Gasteiger partial charge in [-0.2, -0.15) is 0 Å². The van der Waals surface area contributed by atoms with E-state index < -0.39 is 6.17 Å².